The van der Waals surface area contributed by atoms with Crippen LogP contribution in [0, 0.1) is 6.92 Å². The van der Waals surface area contributed by atoms with Crippen LogP contribution in [0.2, 0.25) is 0 Å². The van der Waals surface area contributed by atoms with Crippen LogP contribution in [0.5, 0.6) is 5.75 Å². The lowest BCUT2D eigenvalue weighted by atomic mass is 10.2. The summed E-state index contributed by atoms with van der Waals surface area (Å²) in [6, 6.07) is 21.3. The van der Waals surface area contributed by atoms with E-state index >= 15 is 0 Å². The van der Waals surface area contributed by atoms with E-state index in [0.717, 1.165) is 31.8 Å². The molecule has 0 saturated heterocycles. The van der Waals surface area contributed by atoms with Crippen molar-refractivity contribution in [3.8, 4) is 5.75 Å². The number of benzene rings is 3. The zero-order valence-electron chi connectivity index (χ0n) is 21.2. The van der Waals surface area contributed by atoms with Gasteiger partial charge >= 0.3 is 0 Å². The molecule has 3 aromatic carbocycles. The normalized spacial score (nSPS) is 11.1. The van der Waals surface area contributed by atoms with Crippen LogP contribution in [-0.2, 0) is 11.3 Å². The highest BCUT2D eigenvalue weighted by atomic mass is 32.2. The molecule has 9 heteroatoms. The highest BCUT2D eigenvalue weighted by Gasteiger charge is 2.13. The van der Waals surface area contributed by atoms with E-state index in [1.54, 1.807) is 24.3 Å². The number of carbonyl (C=O) groups is 2. The van der Waals surface area contributed by atoms with Crippen molar-refractivity contribution >= 4 is 61.2 Å². The topological polar surface area (TPSA) is 85.2 Å². The fourth-order valence-corrected chi connectivity index (χ4v) is 6.03. The lowest BCUT2D eigenvalue weighted by Gasteiger charge is -2.08. The molecule has 194 valence electrons. The highest BCUT2D eigenvalue weighted by molar-refractivity contribution is 8.00. The highest BCUT2D eigenvalue weighted by Crippen LogP contribution is 2.31. The largest absolute Gasteiger partial charge is 0.494 e. The van der Waals surface area contributed by atoms with Crippen LogP contribution in [0.25, 0.3) is 21.1 Å². The standard InChI is InChI=1S/C29H28N4O3S2/c1-3-36-21-11-9-20(10-12-21)28(35)30-14-15-33-17-26(22-6-4-5-7-24(22)33)37-18-27(34)32-29-31-23-13-8-19(2)16-25(23)38-29/h4-13,16-17H,3,14-15,18H2,1-2H3,(H,30,35)(H,31,32,34). The molecule has 0 unspecified atom stereocenters. The van der Waals surface area contributed by atoms with Crippen LogP contribution >= 0.6 is 23.1 Å². The number of rotatable bonds is 10. The summed E-state index contributed by atoms with van der Waals surface area (Å²) < 4.78 is 8.61. The Morgan fingerprint density at radius 2 is 1.89 bits per heavy atom. The molecule has 0 radical (unpaired) electrons. The first-order valence-corrected chi connectivity index (χ1v) is 14.2. The first-order chi connectivity index (χ1) is 18.5. The number of ether oxygens (including phenoxy) is 1. The van der Waals surface area contributed by atoms with Crippen molar-refractivity contribution < 1.29 is 14.3 Å². The maximum absolute atomic E-state index is 12.7. The molecule has 2 amide bonds. The number of amides is 2. The molecule has 2 aromatic heterocycles. The van der Waals surface area contributed by atoms with Gasteiger partial charge in [0.2, 0.25) is 5.91 Å². The van der Waals surface area contributed by atoms with Gasteiger partial charge in [-0.15, -0.1) is 11.8 Å². The van der Waals surface area contributed by atoms with Gasteiger partial charge in [0.15, 0.2) is 5.13 Å². The Hall–Kier alpha value is -3.82. The number of nitrogens with one attached hydrogen (secondary N) is 2. The SMILES string of the molecule is CCOc1ccc(C(=O)NCCn2cc(SCC(=O)Nc3nc4ccc(C)cc4s3)c3ccccc32)cc1. The monoisotopic (exact) mass is 544 g/mol. The number of aromatic nitrogens is 2. The van der Waals surface area contributed by atoms with E-state index in [2.05, 4.69) is 38.4 Å². The molecular formula is C29H28N4O3S2. The minimum atomic E-state index is -0.124. The van der Waals surface area contributed by atoms with E-state index in [1.165, 1.54) is 28.7 Å². The number of thioether (sulfide) groups is 1. The molecular weight excluding hydrogens is 516 g/mol. The number of thiazole rings is 1. The van der Waals surface area contributed by atoms with Gasteiger partial charge in [0, 0.05) is 40.6 Å². The minimum absolute atomic E-state index is 0.0924. The van der Waals surface area contributed by atoms with Crippen molar-refractivity contribution in [2.45, 2.75) is 25.3 Å². The first kappa shape index (κ1) is 25.8. The third-order valence-corrected chi connectivity index (χ3v) is 7.94. The predicted molar refractivity (Wildman–Crippen MR) is 156 cm³/mol. The van der Waals surface area contributed by atoms with E-state index in [1.807, 2.05) is 44.3 Å². The molecule has 0 aliphatic heterocycles. The number of nitrogens with zero attached hydrogens (tertiary/aromatic N) is 2. The zero-order chi connectivity index (χ0) is 26.5. The van der Waals surface area contributed by atoms with E-state index in [0.29, 0.717) is 30.4 Å². The number of aryl methyl sites for hydroxylation is 1. The van der Waals surface area contributed by atoms with Crippen molar-refractivity contribution in [2.75, 3.05) is 24.2 Å². The second kappa shape index (κ2) is 11.7. The number of hydrogen-bond donors (Lipinski definition) is 2. The summed E-state index contributed by atoms with van der Waals surface area (Å²) in [5.74, 6) is 0.806. The van der Waals surface area contributed by atoms with Crippen molar-refractivity contribution in [3.05, 3.63) is 84.1 Å². The Labute approximate surface area is 229 Å². The molecule has 0 atom stereocenters. The summed E-state index contributed by atoms with van der Waals surface area (Å²) >= 11 is 2.98. The van der Waals surface area contributed by atoms with Crippen LogP contribution in [0.4, 0.5) is 5.13 Å². The van der Waals surface area contributed by atoms with Crippen molar-refractivity contribution in [2.24, 2.45) is 0 Å². The van der Waals surface area contributed by atoms with Gasteiger partial charge < -0.3 is 19.9 Å². The quantitative estimate of drug-likeness (QED) is 0.207. The molecule has 0 fully saturated rings. The van der Waals surface area contributed by atoms with Crippen molar-refractivity contribution in [3.63, 3.8) is 0 Å². The zero-order valence-corrected chi connectivity index (χ0v) is 22.8. The molecule has 0 aliphatic rings. The van der Waals surface area contributed by atoms with Gasteiger partial charge in [0.1, 0.15) is 5.75 Å². The van der Waals surface area contributed by atoms with Gasteiger partial charge in [-0.05, 0) is 61.9 Å². The Morgan fingerprint density at radius 1 is 1.08 bits per heavy atom. The number of fused-ring (bicyclic) bond motifs is 2. The van der Waals surface area contributed by atoms with E-state index < -0.39 is 0 Å². The maximum atomic E-state index is 12.7. The Balaban J connectivity index is 1.19. The summed E-state index contributed by atoms with van der Waals surface area (Å²) in [5, 5.41) is 7.62. The summed E-state index contributed by atoms with van der Waals surface area (Å²) in [7, 11) is 0. The third kappa shape index (κ3) is 6.00. The van der Waals surface area contributed by atoms with Gasteiger partial charge in [-0.3, -0.25) is 9.59 Å². The number of hydrogen-bond acceptors (Lipinski definition) is 6. The van der Waals surface area contributed by atoms with Gasteiger partial charge in [0.05, 0.1) is 22.6 Å². The van der Waals surface area contributed by atoms with Crippen molar-refractivity contribution in [1.29, 1.82) is 0 Å². The van der Waals surface area contributed by atoms with Gasteiger partial charge in [-0.2, -0.15) is 0 Å². The molecule has 5 rings (SSSR count). The third-order valence-electron chi connectivity index (χ3n) is 5.97. The van der Waals surface area contributed by atoms with Crippen LogP contribution in [0.3, 0.4) is 0 Å². The number of carbonyl (C=O) groups excluding carboxylic acids is 2. The van der Waals surface area contributed by atoms with E-state index in [-0.39, 0.29) is 17.6 Å². The van der Waals surface area contributed by atoms with E-state index in [9.17, 15) is 9.59 Å². The van der Waals surface area contributed by atoms with Crippen LogP contribution in [0.15, 0.2) is 77.8 Å². The summed E-state index contributed by atoms with van der Waals surface area (Å²) in [4.78, 5) is 30.8. The number of anilines is 1. The van der Waals surface area contributed by atoms with Gasteiger partial charge in [-0.25, -0.2) is 4.98 Å². The molecule has 2 heterocycles. The lowest BCUT2D eigenvalue weighted by molar-refractivity contribution is -0.113. The molecule has 7 nitrogen and oxygen atoms in total. The van der Waals surface area contributed by atoms with Gasteiger partial charge in [-0.1, -0.05) is 35.6 Å². The summed E-state index contributed by atoms with van der Waals surface area (Å²) in [5.41, 5.74) is 3.71. The molecule has 0 spiro atoms. The molecule has 5 aromatic rings. The first-order valence-electron chi connectivity index (χ1n) is 12.4. The fraction of sp³-hybridized carbons (Fsp3) is 0.207. The number of para-hydroxylation sites is 1. The Morgan fingerprint density at radius 3 is 2.71 bits per heavy atom. The summed E-state index contributed by atoms with van der Waals surface area (Å²) in [6.07, 6.45) is 2.05. The van der Waals surface area contributed by atoms with Crippen LogP contribution in [0.1, 0.15) is 22.8 Å². The molecule has 0 saturated carbocycles. The van der Waals surface area contributed by atoms with Crippen LogP contribution < -0.4 is 15.4 Å². The average molecular weight is 545 g/mol. The van der Waals surface area contributed by atoms with Crippen molar-refractivity contribution in [1.82, 2.24) is 14.9 Å². The lowest BCUT2D eigenvalue weighted by Crippen LogP contribution is -2.27. The van der Waals surface area contributed by atoms with Crippen LogP contribution in [-0.4, -0.2) is 40.3 Å². The predicted octanol–water partition coefficient (Wildman–Crippen LogP) is 6.12. The smallest absolute Gasteiger partial charge is 0.251 e. The molecule has 0 aliphatic carbocycles. The van der Waals surface area contributed by atoms with Gasteiger partial charge in [0.25, 0.3) is 5.91 Å². The average Bonchev–Trinajstić information content (AvgIpc) is 3.48. The molecule has 38 heavy (non-hydrogen) atoms. The Bertz CT molecular complexity index is 1590. The summed E-state index contributed by atoms with van der Waals surface area (Å²) in [6.45, 7) is 5.65. The Kier molecular flexibility index (Phi) is 7.95. The molecule has 2 N–H and O–H groups in total. The minimum Gasteiger partial charge on any atom is -0.494 e. The fourth-order valence-electron chi connectivity index (χ4n) is 4.16. The second-order valence-corrected chi connectivity index (χ2v) is 10.8. The maximum Gasteiger partial charge on any atom is 0.251 e. The second-order valence-electron chi connectivity index (χ2n) is 8.74. The molecule has 0 bridgehead atoms. The van der Waals surface area contributed by atoms with E-state index in [4.69, 9.17) is 4.74 Å².